The van der Waals surface area contributed by atoms with Crippen LogP contribution in [0.3, 0.4) is 0 Å². The molecule has 0 unspecified atom stereocenters. The summed E-state index contributed by atoms with van der Waals surface area (Å²) in [5.41, 5.74) is 2.29. The quantitative estimate of drug-likeness (QED) is 0.876. The fourth-order valence-corrected chi connectivity index (χ4v) is 2.24. The lowest BCUT2D eigenvalue weighted by atomic mass is 10.1. The van der Waals surface area contributed by atoms with E-state index in [-0.39, 0.29) is 5.56 Å². The summed E-state index contributed by atoms with van der Waals surface area (Å²) in [6, 6.07) is 0. The highest BCUT2D eigenvalue weighted by Crippen LogP contribution is 2.28. The number of anilines is 1. The summed E-state index contributed by atoms with van der Waals surface area (Å²) in [6.45, 7) is 6.86. The van der Waals surface area contributed by atoms with Crippen LogP contribution >= 0.6 is 0 Å². The fourth-order valence-electron chi connectivity index (χ4n) is 2.24. The summed E-state index contributed by atoms with van der Waals surface area (Å²) in [7, 11) is 1.81. The molecule has 0 aliphatic rings. The number of hydrogen-bond donors (Lipinski definition) is 2. The number of aromatic nitrogens is 3. The minimum Gasteiger partial charge on any atom is -0.478 e. The molecule has 0 saturated heterocycles. The van der Waals surface area contributed by atoms with Crippen LogP contribution in [-0.4, -0.2) is 32.4 Å². The molecule has 6 nitrogen and oxygen atoms in total. The van der Waals surface area contributed by atoms with Crippen LogP contribution in [0.15, 0.2) is 6.20 Å². The van der Waals surface area contributed by atoms with Crippen molar-refractivity contribution in [1.82, 2.24) is 14.8 Å². The van der Waals surface area contributed by atoms with E-state index in [0.717, 1.165) is 24.0 Å². The smallest absolute Gasteiger partial charge is 0.339 e. The van der Waals surface area contributed by atoms with Crippen LogP contribution in [0.1, 0.15) is 36.3 Å². The summed E-state index contributed by atoms with van der Waals surface area (Å²) < 4.78 is 1.67. The standard InChI is InChI=1S/C14H20N4O2/c1-8(2)5-6-15-12-10(14(19)20)7-16-13-11(12)9(3)17-18(13)4/h7-8H,5-6H2,1-4H3,(H,15,16)(H,19,20). The second-order valence-corrected chi connectivity index (χ2v) is 5.37. The third kappa shape index (κ3) is 2.59. The maximum atomic E-state index is 11.4. The molecule has 2 aromatic rings. The molecule has 2 heterocycles. The second-order valence-electron chi connectivity index (χ2n) is 5.37. The number of hydrogen-bond acceptors (Lipinski definition) is 4. The second kappa shape index (κ2) is 5.48. The molecule has 0 atom stereocenters. The zero-order chi connectivity index (χ0) is 14.9. The van der Waals surface area contributed by atoms with Crippen LogP contribution in [0, 0.1) is 12.8 Å². The Morgan fingerprint density at radius 2 is 2.20 bits per heavy atom. The number of rotatable bonds is 5. The van der Waals surface area contributed by atoms with E-state index in [1.807, 2.05) is 6.92 Å². The normalized spacial score (nSPS) is 11.2. The molecule has 2 rings (SSSR count). The lowest BCUT2D eigenvalue weighted by Gasteiger charge is -2.12. The Kier molecular flexibility index (Phi) is 3.92. The van der Waals surface area contributed by atoms with Crippen molar-refractivity contribution in [2.24, 2.45) is 13.0 Å². The number of nitrogens with zero attached hydrogens (tertiary/aromatic N) is 3. The van der Waals surface area contributed by atoms with Gasteiger partial charge in [-0.1, -0.05) is 13.8 Å². The maximum Gasteiger partial charge on any atom is 0.339 e. The van der Waals surface area contributed by atoms with Gasteiger partial charge in [0.2, 0.25) is 0 Å². The molecule has 0 aliphatic heterocycles. The lowest BCUT2D eigenvalue weighted by Crippen LogP contribution is -2.10. The molecule has 0 fully saturated rings. The van der Waals surface area contributed by atoms with Crippen molar-refractivity contribution in [3.8, 4) is 0 Å². The first-order chi connectivity index (χ1) is 9.41. The van der Waals surface area contributed by atoms with E-state index in [4.69, 9.17) is 0 Å². The van der Waals surface area contributed by atoms with Crippen molar-refractivity contribution < 1.29 is 9.90 Å². The lowest BCUT2D eigenvalue weighted by molar-refractivity contribution is 0.0697. The van der Waals surface area contributed by atoms with Crippen molar-refractivity contribution in [2.75, 3.05) is 11.9 Å². The number of fused-ring (bicyclic) bond motifs is 1. The van der Waals surface area contributed by atoms with Gasteiger partial charge in [0.05, 0.1) is 16.8 Å². The minimum atomic E-state index is -0.977. The molecule has 0 aliphatic carbocycles. The monoisotopic (exact) mass is 276 g/mol. The van der Waals surface area contributed by atoms with Crippen LogP contribution in [0.5, 0.6) is 0 Å². The average molecular weight is 276 g/mol. The molecule has 0 bridgehead atoms. The highest BCUT2D eigenvalue weighted by Gasteiger charge is 2.18. The number of aryl methyl sites for hydroxylation is 2. The number of carboxylic acids is 1. The molecular formula is C14H20N4O2. The molecule has 6 heteroatoms. The van der Waals surface area contributed by atoms with Crippen molar-refractivity contribution in [3.05, 3.63) is 17.5 Å². The molecule has 20 heavy (non-hydrogen) atoms. The fraction of sp³-hybridized carbons (Fsp3) is 0.500. The van der Waals surface area contributed by atoms with Gasteiger partial charge in [-0.25, -0.2) is 9.78 Å². The van der Waals surface area contributed by atoms with Crippen molar-refractivity contribution in [2.45, 2.75) is 27.2 Å². The topological polar surface area (TPSA) is 80.0 Å². The molecule has 108 valence electrons. The molecule has 0 spiro atoms. The third-order valence-electron chi connectivity index (χ3n) is 3.28. The number of nitrogens with one attached hydrogen (secondary N) is 1. The SMILES string of the molecule is Cc1nn(C)c2ncc(C(=O)O)c(NCCC(C)C)c12. The zero-order valence-corrected chi connectivity index (χ0v) is 12.3. The van der Waals surface area contributed by atoms with E-state index in [9.17, 15) is 9.90 Å². The minimum absolute atomic E-state index is 0.192. The number of carboxylic acid groups (broad SMARTS) is 1. The molecular weight excluding hydrogens is 256 g/mol. The first-order valence-electron chi connectivity index (χ1n) is 6.71. The van der Waals surface area contributed by atoms with E-state index in [2.05, 4.69) is 29.2 Å². The molecule has 0 amide bonds. The van der Waals surface area contributed by atoms with Gasteiger partial charge in [0.15, 0.2) is 5.65 Å². The van der Waals surface area contributed by atoms with Gasteiger partial charge in [-0.3, -0.25) is 4.68 Å². The molecule has 0 saturated carbocycles. The van der Waals surface area contributed by atoms with Crippen LogP contribution in [-0.2, 0) is 7.05 Å². The van der Waals surface area contributed by atoms with Crippen LogP contribution in [0.4, 0.5) is 5.69 Å². The summed E-state index contributed by atoms with van der Waals surface area (Å²) in [5, 5.41) is 17.7. The van der Waals surface area contributed by atoms with Crippen LogP contribution < -0.4 is 5.32 Å². The van der Waals surface area contributed by atoms with Crippen molar-refractivity contribution in [3.63, 3.8) is 0 Å². The molecule has 2 N–H and O–H groups in total. The Bertz CT molecular complexity index is 646. The maximum absolute atomic E-state index is 11.4. The van der Waals surface area contributed by atoms with Gasteiger partial charge < -0.3 is 10.4 Å². The molecule has 0 aromatic carbocycles. The Morgan fingerprint density at radius 3 is 2.80 bits per heavy atom. The van der Waals surface area contributed by atoms with Gasteiger partial charge >= 0.3 is 5.97 Å². The average Bonchev–Trinajstić information content (AvgIpc) is 2.64. The molecule has 0 radical (unpaired) electrons. The highest BCUT2D eigenvalue weighted by molar-refractivity contribution is 6.04. The molecule has 2 aromatic heterocycles. The predicted molar refractivity (Wildman–Crippen MR) is 78.2 cm³/mol. The zero-order valence-electron chi connectivity index (χ0n) is 12.3. The van der Waals surface area contributed by atoms with E-state index in [1.54, 1.807) is 11.7 Å². The van der Waals surface area contributed by atoms with Crippen LogP contribution in [0.25, 0.3) is 11.0 Å². The van der Waals surface area contributed by atoms with E-state index in [0.29, 0.717) is 17.3 Å². The Morgan fingerprint density at radius 1 is 1.50 bits per heavy atom. The number of carbonyl (C=O) groups is 1. The largest absolute Gasteiger partial charge is 0.478 e. The van der Waals surface area contributed by atoms with Gasteiger partial charge in [-0.15, -0.1) is 0 Å². The van der Waals surface area contributed by atoms with E-state index in [1.165, 1.54) is 6.20 Å². The summed E-state index contributed by atoms with van der Waals surface area (Å²) >= 11 is 0. The number of pyridine rings is 1. The van der Waals surface area contributed by atoms with Gasteiger partial charge in [0.25, 0.3) is 0 Å². The summed E-state index contributed by atoms with van der Waals surface area (Å²) in [4.78, 5) is 15.6. The van der Waals surface area contributed by atoms with E-state index < -0.39 is 5.97 Å². The van der Waals surface area contributed by atoms with Gasteiger partial charge in [-0.2, -0.15) is 5.10 Å². The summed E-state index contributed by atoms with van der Waals surface area (Å²) in [6.07, 6.45) is 2.37. The number of aromatic carboxylic acids is 1. The van der Waals surface area contributed by atoms with E-state index >= 15 is 0 Å². The first-order valence-corrected chi connectivity index (χ1v) is 6.71. The first kappa shape index (κ1) is 14.3. The van der Waals surface area contributed by atoms with Gasteiger partial charge in [0, 0.05) is 19.8 Å². The Labute approximate surface area is 117 Å². The van der Waals surface area contributed by atoms with Crippen molar-refractivity contribution >= 4 is 22.7 Å². The third-order valence-corrected chi connectivity index (χ3v) is 3.28. The highest BCUT2D eigenvalue weighted by atomic mass is 16.4. The Hall–Kier alpha value is -2.11. The predicted octanol–water partition coefficient (Wildman–Crippen LogP) is 2.43. The van der Waals surface area contributed by atoms with Crippen LogP contribution in [0.2, 0.25) is 0 Å². The van der Waals surface area contributed by atoms with Gasteiger partial charge in [0.1, 0.15) is 5.56 Å². The van der Waals surface area contributed by atoms with Gasteiger partial charge in [-0.05, 0) is 19.3 Å². The summed E-state index contributed by atoms with van der Waals surface area (Å²) in [5.74, 6) is -0.419. The Balaban J connectivity index is 2.51. The van der Waals surface area contributed by atoms with Crippen molar-refractivity contribution in [1.29, 1.82) is 0 Å².